The van der Waals surface area contributed by atoms with Crippen LogP contribution in [0.4, 0.5) is 5.82 Å². The van der Waals surface area contributed by atoms with Gasteiger partial charge in [0, 0.05) is 12.0 Å². The SMILES string of the molecule is CCC1(CC)CC(=O)N(Cc2cn[nH]c2N)C1=O. The normalized spacial score (nSPS) is 18.7. The van der Waals surface area contributed by atoms with Crippen LogP contribution in [0.2, 0.25) is 0 Å². The quantitative estimate of drug-likeness (QED) is 0.781. The maximum atomic E-state index is 12.4. The van der Waals surface area contributed by atoms with Crippen LogP contribution >= 0.6 is 0 Å². The van der Waals surface area contributed by atoms with E-state index < -0.39 is 5.41 Å². The molecule has 0 bridgehead atoms. The van der Waals surface area contributed by atoms with Crippen molar-refractivity contribution in [2.24, 2.45) is 5.41 Å². The van der Waals surface area contributed by atoms with E-state index in [0.717, 1.165) is 0 Å². The fraction of sp³-hybridized carbons (Fsp3) is 0.583. The van der Waals surface area contributed by atoms with Crippen LogP contribution in [0.3, 0.4) is 0 Å². The highest BCUT2D eigenvalue weighted by atomic mass is 16.2. The Hall–Kier alpha value is -1.85. The van der Waals surface area contributed by atoms with Crippen LogP contribution in [0, 0.1) is 5.41 Å². The van der Waals surface area contributed by atoms with Gasteiger partial charge in [0.05, 0.1) is 18.2 Å². The van der Waals surface area contributed by atoms with Crippen LogP contribution in [0.1, 0.15) is 38.7 Å². The van der Waals surface area contributed by atoms with Crippen LogP contribution in [-0.2, 0) is 16.1 Å². The summed E-state index contributed by atoms with van der Waals surface area (Å²) in [5.41, 5.74) is 5.84. The topological polar surface area (TPSA) is 92.1 Å². The predicted octanol–water partition coefficient (Wildman–Crippen LogP) is 1.06. The van der Waals surface area contributed by atoms with Gasteiger partial charge in [-0.25, -0.2) is 0 Å². The van der Waals surface area contributed by atoms with Gasteiger partial charge in [-0.1, -0.05) is 13.8 Å². The Morgan fingerprint density at radius 3 is 2.56 bits per heavy atom. The minimum atomic E-state index is -0.518. The van der Waals surface area contributed by atoms with E-state index in [1.54, 1.807) is 6.20 Å². The number of nitrogens with zero attached hydrogens (tertiary/aromatic N) is 2. The monoisotopic (exact) mass is 250 g/mol. The Balaban J connectivity index is 2.23. The molecule has 18 heavy (non-hydrogen) atoms. The minimum Gasteiger partial charge on any atom is -0.384 e. The van der Waals surface area contributed by atoms with Crippen LogP contribution in [0.15, 0.2) is 6.20 Å². The van der Waals surface area contributed by atoms with E-state index >= 15 is 0 Å². The third-order valence-corrected chi connectivity index (χ3v) is 3.92. The fourth-order valence-electron chi connectivity index (χ4n) is 2.44. The van der Waals surface area contributed by atoms with Gasteiger partial charge in [-0.05, 0) is 12.8 Å². The summed E-state index contributed by atoms with van der Waals surface area (Å²) < 4.78 is 0. The smallest absolute Gasteiger partial charge is 0.236 e. The van der Waals surface area contributed by atoms with Crippen LogP contribution in [-0.4, -0.2) is 26.9 Å². The highest BCUT2D eigenvalue weighted by Gasteiger charge is 2.48. The van der Waals surface area contributed by atoms with Gasteiger partial charge in [0.2, 0.25) is 11.8 Å². The average molecular weight is 250 g/mol. The van der Waals surface area contributed by atoms with Crippen molar-refractivity contribution in [3.63, 3.8) is 0 Å². The highest BCUT2D eigenvalue weighted by molar-refractivity contribution is 6.05. The average Bonchev–Trinajstić information content (AvgIpc) is 2.86. The third kappa shape index (κ3) is 1.77. The maximum Gasteiger partial charge on any atom is 0.236 e. The van der Waals surface area contributed by atoms with E-state index in [1.165, 1.54) is 4.90 Å². The summed E-state index contributed by atoms with van der Waals surface area (Å²) in [6.07, 6.45) is 3.22. The maximum absolute atomic E-state index is 12.4. The van der Waals surface area contributed by atoms with Crippen molar-refractivity contribution < 1.29 is 9.59 Å². The summed E-state index contributed by atoms with van der Waals surface area (Å²) in [6.45, 7) is 4.11. The van der Waals surface area contributed by atoms with Gasteiger partial charge in [-0.3, -0.25) is 19.6 Å². The lowest BCUT2D eigenvalue weighted by Gasteiger charge is -2.23. The molecule has 0 radical (unpaired) electrons. The van der Waals surface area contributed by atoms with Crippen molar-refractivity contribution >= 4 is 17.6 Å². The van der Waals surface area contributed by atoms with Gasteiger partial charge in [0.1, 0.15) is 5.82 Å². The van der Waals surface area contributed by atoms with Crippen molar-refractivity contribution in [1.29, 1.82) is 0 Å². The lowest BCUT2D eigenvalue weighted by molar-refractivity contribution is -0.142. The molecule has 1 aliphatic rings. The number of carbonyl (C=O) groups excluding carboxylic acids is 2. The van der Waals surface area contributed by atoms with Gasteiger partial charge < -0.3 is 5.73 Å². The molecule has 3 N–H and O–H groups in total. The summed E-state index contributed by atoms with van der Waals surface area (Å²) in [4.78, 5) is 25.7. The molecule has 1 fully saturated rings. The first-order chi connectivity index (χ1) is 8.54. The van der Waals surface area contributed by atoms with Gasteiger partial charge in [0.15, 0.2) is 0 Å². The van der Waals surface area contributed by atoms with Crippen molar-refractivity contribution in [3.05, 3.63) is 11.8 Å². The summed E-state index contributed by atoms with van der Waals surface area (Å²) in [5, 5.41) is 6.39. The zero-order valence-electron chi connectivity index (χ0n) is 10.7. The molecule has 98 valence electrons. The number of imide groups is 1. The zero-order valence-corrected chi connectivity index (χ0v) is 10.7. The number of hydrogen-bond acceptors (Lipinski definition) is 4. The van der Waals surface area contributed by atoms with Crippen molar-refractivity contribution in [1.82, 2.24) is 15.1 Å². The van der Waals surface area contributed by atoms with E-state index in [4.69, 9.17) is 5.73 Å². The molecule has 1 saturated heterocycles. The Morgan fingerprint density at radius 2 is 2.11 bits per heavy atom. The number of nitrogens with two attached hydrogens (primary N) is 1. The molecule has 2 amide bonds. The first-order valence-corrected chi connectivity index (χ1v) is 6.16. The molecule has 0 spiro atoms. The number of nitrogens with one attached hydrogen (secondary N) is 1. The largest absolute Gasteiger partial charge is 0.384 e. The fourth-order valence-corrected chi connectivity index (χ4v) is 2.44. The van der Waals surface area contributed by atoms with Gasteiger partial charge in [-0.2, -0.15) is 5.10 Å². The summed E-state index contributed by atoms with van der Waals surface area (Å²) in [6, 6.07) is 0. The summed E-state index contributed by atoms with van der Waals surface area (Å²) in [5.74, 6) is 0.198. The first kappa shape index (κ1) is 12.6. The second-order valence-electron chi connectivity index (χ2n) is 4.76. The molecule has 6 heteroatoms. The molecule has 0 atom stereocenters. The second kappa shape index (κ2) is 4.44. The van der Waals surface area contributed by atoms with Gasteiger partial charge in [0.25, 0.3) is 0 Å². The second-order valence-corrected chi connectivity index (χ2v) is 4.76. The molecule has 1 aromatic rings. The van der Waals surface area contributed by atoms with Crippen LogP contribution < -0.4 is 5.73 Å². The zero-order chi connectivity index (χ0) is 13.3. The number of nitrogen functional groups attached to an aromatic ring is 1. The molecule has 2 rings (SSSR count). The molecule has 0 saturated carbocycles. The van der Waals surface area contributed by atoms with Crippen molar-refractivity contribution in [3.8, 4) is 0 Å². The van der Waals surface area contributed by atoms with E-state index in [-0.39, 0.29) is 18.4 Å². The Kier molecular flexibility index (Phi) is 3.11. The van der Waals surface area contributed by atoms with Crippen molar-refractivity contribution in [2.45, 2.75) is 39.7 Å². The number of rotatable bonds is 4. The number of anilines is 1. The standard InChI is InChI=1S/C12H18N4O2/c1-3-12(4-2)5-9(17)16(11(12)18)7-8-6-14-15-10(8)13/h6H,3-5,7H2,1-2H3,(H3,13,14,15). The highest BCUT2D eigenvalue weighted by Crippen LogP contribution is 2.39. The number of aromatic amines is 1. The number of H-pyrrole nitrogens is 1. The molecular weight excluding hydrogens is 232 g/mol. The van der Waals surface area contributed by atoms with E-state index in [1.807, 2.05) is 13.8 Å². The van der Waals surface area contributed by atoms with Crippen LogP contribution in [0.5, 0.6) is 0 Å². The van der Waals surface area contributed by atoms with E-state index in [2.05, 4.69) is 10.2 Å². The molecule has 0 unspecified atom stereocenters. The third-order valence-electron chi connectivity index (χ3n) is 3.92. The Bertz CT molecular complexity index is 476. The Morgan fingerprint density at radius 1 is 1.44 bits per heavy atom. The number of carbonyl (C=O) groups is 2. The number of aromatic nitrogens is 2. The lowest BCUT2D eigenvalue weighted by atomic mass is 9.81. The molecular formula is C12H18N4O2. The van der Waals surface area contributed by atoms with E-state index in [9.17, 15) is 9.59 Å². The summed E-state index contributed by atoms with van der Waals surface area (Å²) in [7, 11) is 0. The molecule has 0 aromatic carbocycles. The molecule has 1 aromatic heterocycles. The van der Waals surface area contributed by atoms with Crippen molar-refractivity contribution in [2.75, 3.05) is 5.73 Å². The van der Waals surface area contributed by atoms with E-state index in [0.29, 0.717) is 30.6 Å². The predicted molar refractivity (Wildman–Crippen MR) is 66.2 cm³/mol. The minimum absolute atomic E-state index is 0.0851. The van der Waals surface area contributed by atoms with Gasteiger partial charge in [-0.15, -0.1) is 0 Å². The van der Waals surface area contributed by atoms with Gasteiger partial charge >= 0.3 is 0 Å². The van der Waals surface area contributed by atoms with Crippen LogP contribution in [0.25, 0.3) is 0 Å². The molecule has 6 nitrogen and oxygen atoms in total. The molecule has 1 aliphatic heterocycles. The molecule has 0 aliphatic carbocycles. The Labute approximate surface area is 106 Å². The number of likely N-dealkylation sites (tertiary alicyclic amines) is 1. The lowest BCUT2D eigenvalue weighted by Crippen LogP contribution is -2.34. The first-order valence-electron chi connectivity index (χ1n) is 6.16. The number of amides is 2. The number of hydrogen-bond donors (Lipinski definition) is 2. The molecule has 2 heterocycles. The summed E-state index contributed by atoms with van der Waals surface area (Å²) >= 11 is 0.